The Morgan fingerprint density at radius 3 is 2.73 bits per heavy atom. The van der Waals surface area contributed by atoms with Gasteiger partial charge in [-0.2, -0.15) is 0 Å². The third-order valence-corrected chi connectivity index (χ3v) is 5.19. The molecule has 2 heterocycles. The number of aromatic nitrogens is 1. The van der Waals surface area contributed by atoms with Crippen LogP contribution in [0, 0.1) is 0 Å². The van der Waals surface area contributed by atoms with E-state index in [4.69, 9.17) is 0 Å². The van der Waals surface area contributed by atoms with E-state index in [1.807, 2.05) is 25.7 Å². The summed E-state index contributed by atoms with van der Waals surface area (Å²) in [7, 11) is 0. The quantitative estimate of drug-likeness (QED) is 0.877. The normalized spacial score (nSPS) is 19.7. The molecule has 0 bridgehead atoms. The van der Waals surface area contributed by atoms with Crippen molar-refractivity contribution in [2.75, 3.05) is 11.4 Å². The van der Waals surface area contributed by atoms with Gasteiger partial charge in [-0.1, -0.05) is 0 Å². The number of likely N-dealkylation sites (N-methyl/N-ethyl adjacent to an activating group) is 1. The number of carbonyl (C=O) groups excluding carboxylic acids is 2. The number of hydrogen-bond acceptors (Lipinski definition) is 2. The third-order valence-electron chi connectivity index (χ3n) is 5.19. The predicted molar refractivity (Wildman–Crippen MR) is 86.6 cm³/mol. The summed E-state index contributed by atoms with van der Waals surface area (Å²) < 4.78 is 0. The Kier molecular flexibility index (Phi) is 2.60. The van der Waals surface area contributed by atoms with E-state index >= 15 is 0 Å². The number of benzene rings is 1. The van der Waals surface area contributed by atoms with Crippen molar-refractivity contribution in [2.45, 2.75) is 45.4 Å². The number of aryl methyl sites for hydroxylation is 1. The van der Waals surface area contributed by atoms with Gasteiger partial charge in [-0.3, -0.25) is 9.59 Å². The molecule has 1 aromatic heterocycles. The highest BCUT2D eigenvalue weighted by atomic mass is 16.2. The lowest BCUT2D eigenvalue weighted by molar-refractivity contribution is -0.122. The Bertz CT molecular complexity index is 829. The molecule has 4 nitrogen and oxygen atoms in total. The second kappa shape index (κ2) is 4.22. The number of nitrogens with one attached hydrogen (secondary N) is 1. The molecule has 1 aliphatic carbocycles. The number of fused-ring (bicyclic) bond motifs is 4. The average Bonchev–Trinajstić information content (AvgIpc) is 2.94. The van der Waals surface area contributed by atoms with Gasteiger partial charge in [0.05, 0.1) is 11.1 Å². The van der Waals surface area contributed by atoms with Crippen LogP contribution in [0.4, 0.5) is 5.69 Å². The lowest BCUT2D eigenvalue weighted by Gasteiger charge is -2.18. The van der Waals surface area contributed by atoms with Crippen molar-refractivity contribution in [2.24, 2.45) is 0 Å². The number of H-pyrrole nitrogens is 1. The summed E-state index contributed by atoms with van der Waals surface area (Å²) in [6.07, 6.45) is 2.48. The number of carbonyl (C=O) groups is 2. The molecule has 1 N–H and O–H groups in total. The van der Waals surface area contributed by atoms with Crippen LogP contribution < -0.4 is 4.90 Å². The molecule has 0 spiro atoms. The van der Waals surface area contributed by atoms with E-state index in [9.17, 15) is 9.59 Å². The van der Waals surface area contributed by atoms with Crippen molar-refractivity contribution in [3.05, 3.63) is 29.0 Å². The summed E-state index contributed by atoms with van der Waals surface area (Å²) in [6, 6.07) is 4.18. The molecule has 114 valence electrons. The van der Waals surface area contributed by atoms with Gasteiger partial charge in [-0.15, -0.1) is 0 Å². The van der Waals surface area contributed by atoms with Gasteiger partial charge in [-0.05, 0) is 56.9 Å². The lowest BCUT2D eigenvalue weighted by Crippen LogP contribution is -2.35. The van der Waals surface area contributed by atoms with Crippen molar-refractivity contribution >= 4 is 28.3 Å². The van der Waals surface area contributed by atoms with Crippen LogP contribution in [0.1, 0.15) is 55.2 Å². The molecule has 1 aromatic carbocycles. The molecule has 22 heavy (non-hydrogen) atoms. The molecule has 0 atom stereocenters. The number of amides is 1. The Labute approximate surface area is 129 Å². The summed E-state index contributed by atoms with van der Waals surface area (Å²) in [5.41, 5.74) is 4.44. The van der Waals surface area contributed by atoms with E-state index in [0.717, 1.165) is 46.3 Å². The van der Waals surface area contributed by atoms with Crippen molar-refractivity contribution in [3.63, 3.8) is 0 Å². The van der Waals surface area contributed by atoms with Crippen LogP contribution in [-0.4, -0.2) is 23.2 Å². The number of rotatable bonds is 1. The van der Waals surface area contributed by atoms with Gasteiger partial charge in [0, 0.05) is 29.6 Å². The molecule has 0 unspecified atom stereocenters. The third kappa shape index (κ3) is 1.52. The Morgan fingerprint density at radius 2 is 2.00 bits per heavy atom. The van der Waals surface area contributed by atoms with Crippen LogP contribution in [0.25, 0.3) is 10.9 Å². The molecule has 0 radical (unpaired) electrons. The van der Waals surface area contributed by atoms with E-state index in [-0.39, 0.29) is 11.7 Å². The average molecular weight is 296 g/mol. The zero-order valence-electron chi connectivity index (χ0n) is 13.2. The lowest BCUT2D eigenvalue weighted by atomic mass is 9.85. The van der Waals surface area contributed by atoms with E-state index in [1.165, 1.54) is 0 Å². The number of ketones is 1. The first-order valence-corrected chi connectivity index (χ1v) is 7.99. The fourth-order valence-electron chi connectivity index (χ4n) is 3.93. The summed E-state index contributed by atoms with van der Waals surface area (Å²) in [4.78, 5) is 29.9. The standard InChI is InChI=1S/C18H20N2O2/c1-4-20-14-8-11-10-6-5-7-15(21)16(10)19-13(11)9-12(14)18(2,3)17(20)22/h8-9,19H,4-7H2,1-3H3. The SMILES string of the molecule is CCN1C(=O)C(C)(C)c2cc3[nH]c4c(c3cc21)CCCC4=O. The first kappa shape index (κ1) is 13.6. The first-order valence-electron chi connectivity index (χ1n) is 7.99. The van der Waals surface area contributed by atoms with Crippen molar-refractivity contribution in [3.8, 4) is 0 Å². The van der Waals surface area contributed by atoms with Crippen molar-refractivity contribution < 1.29 is 9.59 Å². The summed E-state index contributed by atoms with van der Waals surface area (Å²) >= 11 is 0. The molecule has 0 saturated carbocycles. The summed E-state index contributed by atoms with van der Waals surface area (Å²) in [5, 5.41) is 1.10. The van der Waals surface area contributed by atoms with Crippen LogP contribution in [0.5, 0.6) is 0 Å². The number of nitrogens with zero attached hydrogens (tertiary/aromatic N) is 1. The Morgan fingerprint density at radius 1 is 1.23 bits per heavy atom. The zero-order chi connectivity index (χ0) is 15.6. The van der Waals surface area contributed by atoms with Crippen LogP contribution >= 0.6 is 0 Å². The number of Topliss-reactive ketones (excluding diaryl/α,β-unsaturated/α-hetero) is 1. The second-order valence-electron chi connectivity index (χ2n) is 6.84. The van der Waals surface area contributed by atoms with E-state index in [0.29, 0.717) is 13.0 Å². The molecule has 0 fully saturated rings. The highest BCUT2D eigenvalue weighted by Crippen LogP contribution is 2.44. The molecule has 1 aliphatic heterocycles. The largest absolute Gasteiger partial charge is 0.352 e. The van der Waals surface area contributed by atoms with Gasteiger partial charge in [0.1, 0.15) is 0 Å². The molecule has 1 amide bonds. The van der Waals surface area contributed by atoms with Gasteiger partial charge in [0.25, 0.3) is 0 Å². The maximum Gasteiger partial charge on any atom is 0.237 e. The van der Waals surface area contributed by atoms with Gasteiger partial charge in [-0.25, -0.2) is 0 Å². The Balaban J connectivity index is 2.02. The fourth-order valence-corrected chi connectivity index (χ4v) is 3.93. The van der Waals surface area contributed by atoms with E-state index in [2.05, 4.69) is 17.1 Å². The molecule has 0 saturated heterocycles. The highest BCUT2D eigenvalue weighted by molar-refractivity contribution is 6.11. The monoisotopic (exact) mass is 296 g/mol. The topological polar surface area (TPSA) is 53.2 Å². The van der Waals surface area contributed by atoms with Crippen LogP contribution in [-0.2, 0) is 16.6 Å². The van der Waals surface area contributed by atoms with Crippen molar-refractivity contribution in [1.29, 1.82) is 0 Å². The molecule has 2 aromatic rings. The minimum atomic E-state index is -0.505. The first-order chi connectivity index (χ1) is 10.4. The van der Waals surface area contributed by atoms with Gasteiger partial charge in [0.2, 0.25) is 5.91 Å². The second-order valence-corrected chi connectivity index (χ2v) is 6.84. The maximum atomic E-state index is 12.6. The zero-order valence-corrected chi connectivity index (χ0v) is 13.2. The van der Waals surface area contributed by atoms with Gasteiger partial charge < -0.3 is 9.88 Å². The summed E-state index contributed by atoms with van der Waals surface area (Å²) in [6.45, 7) is 6.63. The fraction of sp³-hybridized carbons (Fsp3) is 0.444. The molecule has 4 heteroatoms. The molecule has 2 aliphatic rings. The van der Waals surface area contributed by atoms with Gasteiger partial charge in [0.15, 0.2) is 5.78 Å². The van der Waals surface area contributed by atoms with Crippen LogP contribution in [0.2, 0.25) is 0 Å². The van der Waals surface area contributed by atoms with E-state index < -0.39 is 5.41 Å². The number of aromatic amines is 1. The Hall–Kier alpha value is -2.10. The van der Waals surface area contributed by atoms with Crippen LogP contribution in [0.15, 0.2) is 12.1 Å². The van der Waals surface area contributed by atoms with Crippen molar-refractivity contribution in [1.82, 2.24) is 4.98 Å². The number of hydrogen-bond donors (Lipinski definition) is 1. The molecule has 4 rings (SSSR count). The maximum absolute atomic E-state index is 12.6. The molecular weight excluding hydrogens is 276 g/mol. The minimum absolute atomic E-state index is 0.155. The summed E-state index contributed by atoms with van der Waals surface area (Å²) in [5.74, 6) is 0.364. The highest BCUT2D eigenvalue weighted by Gasteiger charge is 2.43. The van der Waals surface area contributed by atoms with Gasteiger partial charge >= 0.3 is 0 Å². The molecular formula is C18H20N2O2. The minimum Gasteiger partial charge on any atom is -0.352 e. The van der Waals surface area contributed by atoms with Crippen LogP contribution in [0.3, 0.4) is 0 Å². The predicted octanol–water partition coefficient (Wildman–Crippen LogP) is 3.33. The van der Waals surface area contributed by atoms with E-state index in [1.54, 1.807) is 0 Å². The smallest absolute Gasteiger partial charge is 0.237 e. The number of anilines is 1.